The van der Waals surface area contributed by atoms with Gasteiger partial charge < -0.3 is 9.84 Å². The van der Waals surface area contributed by atoms with Crippen molar-refractivity contribution in [1.29, 1.82) is 0 Å². The summed E-state index contributed by atoms with van der Waals surface area (Å²) in [4.78, 5) is 10.1. The predicted molar refractivity (Wildman–Crippen MR) is 53.4 cm³/mol. The van der Waals surface area contributed by atoms with E-state index in [9.17, 15) is 9.18 Å². The molecule has 0 saturated carbocycles. The van der Waals surface area contributed by atoms with Crippen molar-refractivity contribution < 1.29 is 19.0 Å². The Hall–Kier alpha value is -1.42. The van der Waals surface area contributed by atoms with Gasteiger partial charge in [0, 0.05) is 0 Å². The highest BCUT2D eigenvalue weighted by atomic mass is 19.1. The average Bonchev–Trinajstić information content (AvgIpc) is 2.24. The summed E-state index contributed by atoms with van der Waals surface area (Å²) in [6, 6.07) is 7.13. The smallest absolute Gasteiger partial charge is 0.329 e. The summed E-state index contributed by atoms with van der Waals surface area (Å²) >= 11 is 0. The highest BCUT2D eigenvalue weighted by Gasteiger charge is 2.02. The lowest BCUT2D eigenvalue weighted by Gasteiger charge is -2.05. The maximum atomic E-state index is 12.5. The van der Waals surface area contributed by atoms with Gasteiger partial charge in [0.05, 0.1) is 6.61 Å². The second-order valence-corrected chi connectivity index (χ2v) is 3.10. The van der Waals surface area contributed by atoms with Gasteiger partial charge in [-0.15, -0.1) is 0 Å². The third kappa shape index (κ3) is 4.08. The van der Waals surface area contributed by atoms with Gasteiger partial charge in [0.1, 0.15) is 13.3 Å². The standard InChI is InChI=1S/C11H13FO3/c12-7-10-4-2-1-3-9(10)5-6-15-8-11(13)14/h1-4H,5-8H2,(H,13,14). The fourth-order valence-corrected chi connectivity index (χ4v) is 1.27. The Bertz CT molecular complexity index is 325. The molecular weight excluding hydrogens is 199 g/mol. The molecule has 1 N–H and O–H groups in total. The number of halogens is 1. The van der Waals surface area contributed by atoms with Crippen molar-refractivity contribution >= 4 is 5.97 Å². The molecule has 0 atom stereocenters. The molecule has 0 heterocycles. The van der Waals surface area contributed by atoms with E-state index in [1.165, 1.54) is 0 Å². The quantitative estimate of drug-likeness (QED) is 0.731. The summed E-state index contributed by atoms with van der Waals surface area (Å²) in [5.41, 5.74) is 1.50. The molecule has 0 unspecified atom stereocenters. The van der Waals surface area contributed by atoms with Crippen LogP contribution in [0.15, 0.2) is 24.3 Å². The van der Waals surface area contributed by atoms with Crippen LogP contribution in [0.2, 0.25) is 0 Å². The van der Waals surface area contributed by atoms with E-state index in [0.29, 0.717) is 18.6 Å². The van der Waals surface area contributed by atoms with Crippen LogP contribution >= 0.6 is 0 Å². The van der Waals surface area contributed by atoms with Crippen LogP contribution in [0.3, 0.4) is 0 Å². The number of carbonyl (C=O) groups is 1. The van der Waals surface area contributed by atoms with Crippen LogP contribution in [0.1, 0.15) is 11.1 Å². The number of carboxylic acid groups (broad SMARTS) is 1. The van der Waals surface area contributed by atoms with Crippen LogP contribution < -0.4 is 0 Å². The molecule has 0 aliphatic rings. The molecule has 15 heavy (non-hydrogen) atoms. The first-order chi connectivity index (χ1) is 7.24. The number of ether oxygens (including phenoxy) is 1. The minimum absolute atomic E-state index is 0.295. The number of aliphatic carboxylic acids is 1. The lowest BCUT2D eigenvalue weighted by molar-refractivity contribution is -0.142. The van der Waals surface area contributed by atoms with Crippen molar-refractivity contribution in [2.24, 2.45) is 0 Å². The molecule has 0 bridgehead atoms. The average molecular weight is 212 g/mol. The zero-order valence-corrected chi connectivity index (χ0v) is 8.28. The van der Waals surface area contributed by atoms with Crippen molar-refractivity contribution in [2.45, 2.75) is 13.1 Å². The number of hydrogen-bond acceptors (Lipinski definition) is 2. The molecule has 0 fully saturated rings. The Morgan fingerprint density at radius 3 is 2.60 bits per heavy atom. The highest BCUT2D eigenvalue weighted by molar-refractivity contribution is 5.67. The minimum atomic E-state index is -0.992. The molecule has 0 spiro atoms. The number of alkyl halides is 1. The fourth-order valence-electron chi connectivity index (χ4n) is 1.27. The van der Waals surface area contributed by atoms with E-state index in [-0.39, 0.29) is 6.61 Å². The van der Waals surface area contributed by atoms with E-state index in [1.54, 1.807) is 12.1 Å². The summed E-state index contributed by atoms with van der Waals surface area (Å²) < 4.78 is 17.4. The first-order valence-electron chi connectivity index (χ1n) is 4.66. The van der Waals surface area contributed by atoms with Crippen LogP contribution in [0.25, 0.3) is 0 Å². The Kier molecular flexibility index (Phi) is 4.77. The summed E-state index contributed by atoms with van der Waals surface area (Å²) in [7, 11) is 0. The Labute approximate surface area is 87.5 Å². The number of hydrogen-bond donors (Lipinski definition) is 1. The normalized spacial score (nSPS) is 10.2. The Balaban J connectivity index is 2.39. The van der Waals surface area contributed by atoms with E-state index < -0.39 is 12.6 Å². The SMILES string of the molecule is O=C(O)COCCc1ccccc1CF. The van der Waals surface area contributed by atoms with E-state index in [2.05, 4.69) is 0 Å². The van der Waals surface area contributed by atoms with Crippen LogP contribution in [0.5, 0.6) is 0 Å². The highest BCUT2D eigenvalue weighted by Crippen LogP contribution is 2.10. The molecule has 82 valence electrons. The van der Waals surface area contributed by atoms with Gasteiger partial charge >= 0.3 is 5.97 Å². The van der Waals surface area contributed by atoms with Gasteiger partial charge in [-0.3, -0.25) is 0 Å². The van der Waals surface area contributed by atoms with E-state index >= 15 is 0 Å². The van der Waals surface area contributed by atoms with Gasteiger partial charge in [-0.1, -0.05) is 24.3 Å². The van der Waals surface area contributed by atoms with E-state index in [4.69, 9.17) is 9.84 Å². The minimum Gasteiger partial charge on any atom is -0.480 e. The molecule has 4 heteroatoms. The summed E-state index contributed by atoms with van der Waals surface area (Å²) in [6.45, 7) is -0.518. The molecule has 0 aliphatic carbocycles. The number of benzene rings is 1. The summed E-state index contributed by atoms with van der Waals surface area (Å²) in [5, 5.41) is 8.33. The van der Waals surface area contributed by atoms with Crippen molar-refractivity contribution in [3.05, 3.63) is 35.4 Å². The van der Waals surface area contributed by atoms with Crippen molar-refractivity contribution in [2.75, 3.05) is 13.2 Å². The Morgan fingerprint density at radius 1 is 1.33 bits per heavy atom. The maximum absolute atomic E-state index is 12.5. The molecule has 1 rings (SSSR count). The van der Waals surface area contributed by atoms with Crippen molar-refractivity contribution in [3.8, 4) is 0 Å². The first kappa shape index (κ1) is 11.7. The van der Waals surface area contributed by atoms with Crippen molar-refractivity contribution in [3.63, 3.8) is 0 Å². The van der Waals surface area contributed by atoms with Crippen LogP contribution in [-0.4, -0.2) is 24.3 Å². The lowest BCUT2D eigenvalue weighted by atomic mass is 10.1. The zero-order chi connectivity index (χ0) is 11.1. The van der Waals surface area contributed by atoms with Gasteiger partial charge in [0.2, 0.25) is 0 Å². The molecule has 0 aliphatic heterocycles. The zero-order valence-electron chi connectivity index (χ0n) is 8.28. The molecule has 0 aromatic heterocycles. The van der Waals surface area contributed by atoms with Crippen LogP contribution in [0.4, 0.5) is 4.39 Å². The largest absolute Gasteiger partial charge is 0.480 e. The Morgan fingerprint density at radius 2 is 2.00 bits per heavy atom. The number of carboxylic acids is 1. The molecule has 0 saturated heterocycles. The predicted octanol–water partition coefficient (Wildman–Crippen LogP) is 1.80. The second-order valence-electron chi connectivity index (χ2n) is 3.10. The molecular formula is C11H13FO3. The topological polar surface area (TPSA) is 46.5 Å². The van der Waals surface area contributed by atoms with Gasteiger partial charge in [-0.05, 0) is 17.5 Å². The van der Waals surface area contributed by atoms with Crippen LogP contribution in [0, 0.1) is 0 Å². The molecule has 0 radical (unpaired) electrons. The summed E-state index contributed by atoms with van der Waals surface area (Å²) in [5.74, 6) is -0.992. The third-order valence-corrected chi connectivity index (χ3v) is 2.00. The monoisotopic (exact) mass is 212 g/mol. The summed E-state index contributed by atoms with van der Waals surface area (Å²) in [6.07, 6.45) is 0.535. The molecule has 1 aromatic carbocycles. The molecule has 0 amide bonds. The van der Waals surface area contributed by atoms with Gasteiger partial charge in [0.25, 0.3) is 0 Å². The second kappa shape index (κ2) is 6.14. The maximum Gasteiger partial charge on any atom is 0.329 e. The van der Waals surface area contributed by atoms with Gasteiger partial charge in [0.15, 0.2) is 0 Å². The van der Waals surface area contributed by atoms with E-state index in [1.807, 2.05) is 12.1 Å². The first-order valence-corrected chi connectivity index (χ1v) is 4.66. The van der Waals surface area contributed by atoms with E-state index in [0.717, 1.165) is 5.56 Å². The third-order valence-electron chi connectivity index (χ3n) is 2.00. The van der Waals surface area contributed by atoms with Gasteiger partial charge in [-0.25, -0.2) is 9.18 Å². The number of rotatable bonds is 6. The van der Waals surface area contributed by atoms with Crippen LogP contribution in [-0.2, 0) is 22.6 Å². The van der Waals surface area contributed by atoms with Crippen molar-refractivity contribution in [1.82, 2.24) is 0 Å². The molecule has 1 aromatic rings. The van der Waals surface area contributed by atoms with Gasteiger partial charge in [-0.2, -0.15) is 0 Å². The lowest BCUT2D eigenvalue weighted by Crippen LogP contribution is -2.09. The fraction of sp³-hybridized carbons (Fsp3) is 0.364. The molecule has 3 nitrogen and oxygen atoms in total.